The molecule has 1 aromatic heterocycles. The van der Waals surface area contributed by atoms with Gasteiger partial charge in [-0.15, -0.1) is 0 Å². The maximum Gasteiger partial charge on any atom is 0.238 e. The van der Waals surface area contributed by atoms with Gasteiger partial charge in [0.15, 0.2) is 0 Å². The van der Waals surface area contributed by atoms with Crippen LogP contribution in [0.1, 0.15) is 18.5 Å². The molecule has 0 saturated heterocycles. The Hall–Kier alpha value is -0.320. The summed E-state index contributed by atoms with van der Waals surface area (Å²) in [5, 5.41) is 0.539. The summed E-state index contributed by atoms with van der Waals surface area (Å²) in [6.07, 6.45) is 3.11. The highest BCUT2D eigenvalue weighted by Gasteiger charge is 2.53. The third kappa shape index (κ3) is 2.27. The predicted octanol–water partition coefficient (Wildman–Crippen LogP) is 2.38. The number of halogens is 2. The van der Waals surface area contributed by atoms with Crippen molar-refractivity contribution in [2.24, 2.45) is 0 Å². The molecule has 15 heavy (non-hydrogen) atoms. The van der Waals surface area contributed by atoms with Crippen LogP contribution in [0.5, 0.6) is 0 Å². The fourth-order valence-corrected chi connectivity index (χ4v) is 3.14. The zero-order valence-electron chi connectivity index (χ0n) is 7.78. The lowest BCUT2D eigenvalue weighted by Gasteiger charge is -2.09. The van der Waals surface area contributed by atoms with Gasteiger partial charge in [-0.05, 0) is 25.0 Å². The molecule has 0 bridgehead atoms. The molecule has 0 aliphatic heterocycles. The van der Waals surface area contributed by atoms with Crippen LogP contribution in [-0.4, -0.2) is 18.1 Å². The monoisotopic (exact) mass is 265 g/mol. The number of rotatable bonds is 3. The van der Waals surface area contributed by atoms with Gasteiger partial charge in [-0.25, -0.2) is 8.42 Å². The van der Waals surface area contributed by atoms with Crippen molar-refractivity contribution >= 4 is 31.3 Å². The number of hydrogen-bond donors (Lipinski definition) is 0. The molecule has 0 aromatic carbocycles. The first kappa shape index (κ1) is 11.2. The van der Waals surface area contributed by atoms with Crippen LogP contribution >= 0.6 is 22.3 Å². The largest absolute Gasteiger partial charge is 0.260 e. The highest BCUT2D eigenvalue weighted by atomic mass is 35.7. The molecule has 6 heteroatoms. The molecule has 0 unspecified atom stereocenters. The molecule has 1 aromatic rings. The van der Waals surface area contributed by atoms with E-state index in [2.05, 4.69) is 4.98 Å². The lowest BCUT2D eigenvalue weighted by Crippen LogP contribution is -2.21. The molecule has 1 heterocycles. The molecule has 0 atom stereocenters. The topological polar surface area (TPSA) is 47.0 Å². The van der Waals surface area contributed by atoms with Gasteiger partial charge in [-0.2, -0.15) is 0 Å². The van der Waals surface area contributed by atoms with Crippen molar-refractivity contribution in [3.8, 4) is 0 Å². The molecule has 0 amide bonds. The summed E-state index contributed by atoms with van der Waals surface area (Å²) >= 11 is 5.68. The van der Waals surface area contributed by atoms with Crippen LogP contribution in [0.3, 0.4) is 0 Å². The van der Waals surface area contributed by atoms with E-state index in [-0.39, 0.29) is 0 Å². The maximum absolute atomic E-state index is 11.3. The summed E-state index contributed by atoms with van der Waals surface area (Å²) < 4.78 is 21.8. The van der Waals surface area contributed by atoms with E-state index in [4.69, 9.17) is 22.3 Å². The quantitative estimate of drug-likeness (QED) is 0.789. The van der Waals surface area contributed by atoms with Gasteiger partial charge >= 0.3 is 0 Å². The van der Waals surface area contributed by atoms with Gasteiger partial charge in [0.2, 0.25) is 9.05 Å². The van der Waals surface area contributed by atoms with E-state index in [1.807, 2.05) is 0 Å². The van der Waals surface area contributed by atoms with Gasteiger partial charge in [0, 0.05) is 29.0 Å². The second-order valence-corrected chi connectivity index (χ2v) is 7.16. The first-order valence-corrected chi connectivity index (χ1v) is 7.16. The first-order chi connectivity index (χ1) is 6.93. The lowest BCUT2D eigenvalue weighted by atomic mass is 10.2. The molecule has 0 N–H and O–H groups in total. The molecule has 82 valence electrons. The van der Waals surface area contributed by atoms with Crippen LogP contribution in [0.4, 0.5) is 0 Å². The van der Waals surface area contributed by atoms with Gasteiger partial charge in [-0.3, -0.25) is 4.98 Å². The molecular weight excluding hydrogens is 257 g/mol. The van der Waals surface area contributed by atoms with Gasteiger partial charge in [0.05, 0.1) is 9.77 Å². The molecule has 1 saturated carbocycles. The Morgan fingerprint density at radius 3 is 2.47 bits per heavy atom. The number of nitrogens with zero attached hydrogens (tertiary/aromatic N) is 1. The van der Waals surface area contributed by atoms with Crippen molar-refractivity contribution in [1.82, 2.24) is 4.98 Å². The number of pyridine rings is 1. The fraction of sp³-hybridized carbons (Fsp3) is 0.444. The Kier molecular flexibility index (Phi) is 2.69. The molecule has 0 radical (unpaired) electrons. The zero-order chi connectivity index (χ0) is 11.1. The SMILES string of the molecule is O=S(=O)(Cl)C1(Cc2ccc(Cl)cn2)CC1. The van der Waals surface area contributed by atoms with Crippen LogP contribution < -0.4 is 0 Å². The highest BCUT2D eigenvalue weighted by molar-refractivity contribution is 8.15. The van der Waals surface area contributed by atoms with E-state index in [0.29, 0.717) is 30.0 Å². The van der Waals surface area contributed by atoms with Gasteiger partial charge < -0.3 is 0 Å². The summed E-state index contributed by atoms with van der Waals surface area (Å²) in [5.74, 6) is 0. The Labute approximate surface area is 97.8 Å². The van der Waals surface area contributed by atoms with Crippen molar-refractivity contribution in [2.75, 3.05) is 0 Å². The first-order valence-electron chi connectivity index (χ1n) is 4.48. The fourth-order valence-electron chi connectivity index (χ4n) is 1.49. The summed E-state index contributed by atoms with van der Waals surface area (Å²) in [6, 6.07) is 3.42. The van der Waals surface area contributed by atoms with Crippen molar-refractivity contribution in [3.05, 3.63) is 29.0 Å². The summed E-state index contributed by atoms with van der Waals surface area (Å²) in [7, 11) is 1.89. The predicted molar refractivity (Wildman–Crippen MR) is 59.7 cm³/mol. The summed E-state index contributed by atoms with van der Waals surface area (Å²) in [6.45, 7) is 0. The number of aromatic nitrogens is 1. The second-order valence-electron chi connectivity index (χ2n) is 3.77. The Morgan fingerprint density at radius 2 is 2.07 bits per heavy atom. The van der Waals surface area contributed by atoms with E-state index in [9.17, 15) is 8.42 Å². The lowest BCUT2D eigenvalue weighted by molar-refractivity contribution is 0.589. The standard InChI is InChI=1S/C9H9Cl2NO2S/c10-7-1-2-8(12-6-7)5-9(3-4-9)15(11,13)14/h1-2,6H,3-5H2. The molecule has 2 rings (SSSR count). The van der Waals surface area contributed by atoms with E-state index in [1.165, 1.54) is 6.20 Å². The Bertz CT molecular complexity index is 465. The Morgan fingerprint density at radius 1 is 1.40 bits per heavy atom. The second kappa shape index (κ2) is 3.61. The molecule has 0 spiro atoms. The minimum Gasteiger partial charge on any atom is -0.260 e. The van der Waals surface area contributed by atoms with E-state index in [1.54, 1.807) is 12.1 Å². The van der Waals surface area contributed by atoms with Crippen LogP contribution in [-0.2, 0) is 15.5 Å². The maximum atomic E-state index is 11.3. The molecule has 3 nitrogen and oxygen atoms in total. The molecule has 1 fully saturated rings. The van der Waals surface area contributed by atoms with Crippen LogP contribution in [0.25, 0.3) is 0 Å². The van der Waals surface area contributed by atoms with E-state index in [0.717, 1.165) is 0 Å². The molecule has 1 aliphatic carbocycles. The Balaban J connectivity index is 2.20. The van der Waals surface area contributed by atoms with Crippen molar-refractivity contribution < 1.29 is 8.42 Å². The van der Waals surface area contributed by atoms with Crippen molar-refractivity contribution in [3.63, 3.8) is 0 Å². The summed E-state index contributed by atoms with van der Waals surface area (Å²) in [5.41, 5.74) is 0.709. The van der Waals surface area contributed by atoms with Gasteiger partial charge in [0.25, 0.3) is 0 Å². The third-order valence-electron chi connectivity index (χ3n) is 2.62. The minimum absolute atomic E-state index is 0.371. The van der Waals surface area contributed by atoms with E-state index >= 15 is 0 Å². The van der Waals surface area contributed by atoms with Crippen LogP contribution in [0.15, 0.2) is 18.3 Å². The van der Waals surface area contributed by atoms with Gasteiger partial charge in [-0.1, -0.05) is 11.6 Å². The normalized spacial score (nSPS) is 18.8. The minimum atomic E-state index is -3.50. The summed E-state index contributed by atoms with van der Waals surface area (Å²) in [4.78, 5) is 4.06. The third-order valence-corrected chi connectivity index (χ3v) is 5.41. The highest BCUT2D eigenvalue weighted by Crippen LogP contribution is 2.47. The van der Waals surface area contributed by atoms with Crippen LogP contribution in [0.2, 0.25) is 5.02 Å². The average molecular weight is 266 g/mol. The smallest absolute Gasteiger partial charge is 0.238 e. The molecular formula is C9H9Cl2NO2S. The van der Waals surface area contributed by atoms with Crippen molar-refractivity contribution in [1.29, 1.82) is 0 Å². The van der Waals surface area contributed by atoms with Gasteiger partial charge in [0.1, 0.15) is 0 Å². The van der Waals surface area contributed by atoms with Crippen LogP contribution in [0, 0.1) is 0 Å². The number of hydrogen-bond acceptors (Lipinski definition) is 3. The average Bonchev–Trinajstić information content (AvgIpc) is 2.89. The zero-order valence-corrected chi connectivity index (χ0v) is 10.1. The van der Waals surface area contributed by atoms with Crippen molar-refractivity contribution in [2.45, 2.75) is 24.0 Å². The molecule has 1 aliphatic rings. The van der Waals surface area contributed by atoms with E-state index < -0.39 is 13.8 Å².